The molecule has 0 saturated carbocycles. The first-order valence-corrected chi connectivity index (χ1v) is 10.5. The summed E-state index contributed by atoms with van der Waals surface area (Å²) >= 11 is 0. The first kappa shape index (κ1) is 25.9. The number of rotatable bonds is 9. The lowest BCUT2D eigenvalue weighted by Crippen LogP contribution is -2.41. The number of aryl methyl sites for hydroxylation is 2. The Morgan fingerprint density at radius 3 is 2.46 bits per heavy atom. The van der Waals surface area contributed by atoms with E-state index in [9.17, 15) is 36.6 Å². The predicted octanol–water partition coefficient (Wildman–Crippen LogP) is 4.72. The van der Waals surface area contributed by atoms with Crippen LogP contribution in [-0.2, 0) is 11.4 Å². The highest BCUT2D eigenvalue weighted by atomic mass is 19.4. The van der Waals surface area contributed by atoms with Crippen LogP contribution in [0.4, 0.5) is 22.0 Å². The molecule has 0 fully saturated rings. The molecule has 0 radical (unpaired) electrons. The Morgan fingerprint density at radius 2 is 1.86 bits per heavy atom. The Morgan fingerprint density at radius 1 is 1.20 bits per heavy atom. The number of halogens is 5. The van der Waals surface area contributed by atoms with Gasteiger partial charge < -0.3 is 15.2 Å². The summed E-state index contributed by atoms with van der Waals surface area (Å²) in [6, 6.07) is 3.40. The maximum absolute atomic E-state index is 14.0. The van der Waals surface area contributed by atoms with Crippen LogP contribution in [0, 0.1) is 25.5 Å². The van der Waals surface area contributed by atoms with Gasteiger partial charge in [0.05, 0.1) is 11.3 Å². The molecule has 1 atom stereocenters. The number of aromatic nitrogens is 2. The van der Waals surface area contributed by atoms with Crippen molar-refractivity contribution in [3.63, 3.8) is 0 Å². The average Bonchev–Trinajstić information content (AvgIpc) is 3.07. The van der Waals surface area contributed by atoms with Crippen LogP contribution >= 0.6 is 0 Å². The number of fused-ring (bicyclic) bond motifs is 1. The van der Waals surface area contributed by atoms with E-state index in [-0.39, 0.29) is 28.3 Å². The topological polar surface area (TPSA) is 92.9 Å². The third kappa shape index (κ3) is 6.25. The average molecular weight is 499 g/mol. The Bertz CT molecular complexity index is 1240. The summed E-state index contributed by atoms with van der Waals surface area (Å²) in [4.78, 5) is 28.7. The molecular weight excluding hydrogens is 477 g/mol. The van der Waals surface area contributed by atoms with Crippen molar-refractivity contribution in [1.29, 1.82) is 0 Å². The second-order valence-corrected chi connectivity index (χ2v) is 7.98. The number of carboxylic acid groups (broad SMARTS) is 1. The Hall–Kier alpha value is -3.70. The zero-order valence-electron chi connectivity index (χ0n) is 18.7. The lowest BCUT2D eigenvalue weighted by Gasteiger charge is -2.15. The van der Waals surface area contributed by atoms with Crippen LogP contribution in [0.5, 0.6) is 5.75 Å². The molecule has 3 aromatic rings. The van der Waals surface area contributed by atoms with E-state index >= 15 is 0 Å². The first-order chi connectivity index (χ1) is 16.4. The van der Waals surface area contributed by atoms with Crippen LogP contribution in [0.1, 0.15) is 46.6 Å². The van der Waals surface area contributed by atoms with Gasteiger partial charge in [-0.3, -0.25) is 9.20 Å². The summed E-state index contributed by atoms with van der Waals surface area (Å²) in [6.07, 6.45) is -4.98. The molecule has 3 rings (SSSR count). The van der Waals surface area contributed by atoms with E-state index in [1.807, 2.05) is 0 Å². The van der Waals surface area contributed by atoms with Gasteiger partial charge in [-0.1, -0.05) is 6.07 Å². The zero-order valence-corrected chi connectivity index (χ0v) is 18.7. The van der Waals surface area contributed by atoms with Crippen molar-refractivity contribution >= 4 is 17.5 Å². The molecule has 1 aromatic carbocycles. The maximum Gasteiger partial charge on any atom is 0.389 e. The number of carbonyl (C=O) groups is 2. The molecule has 188 valence electrons. The highest BCUT2D eigenvalue weighted by Crippen LogP contribution is 2.26. The van der Waals surface area contributed by atoms with Gasteiger partial charge in [0.25, 0.3) is 5.91 Å². The minimum absolute atomic E-state index is 0.0484. The number of imidazole rings is 1. The lowest BCUT2D eigenvalue weighted by molar-refractivity contribution is -0.142. The smallest absolute Gasteiger partial charge is 0.389 e. The molecular formula is C23H22F5N3O4. The molecule has 12 heteroatoms. The van der Waals surface area contributed by atoms with Gasteiger partial charge in [-0.15, -0.1) is 0 Å². The van der Waals surface area contributed by atoms with Gasteiger partial charge in [-0.25, -0.2) is 18.6 Å². The van der Waals surface area contributed by atoms with E-state index in [1.54, 1.807) is 13.0 Å². The summed E-state index contributed by atoms with van der Waals surface area (Å²) in [5.74, 6) is -3.79. The van der Waals surface area contributed by atoms with Crippen LogP contribution in [0.2, 0.25) is 0 Å². The Balaban J connectivity index is 1.86. The number of nitrogens with zero attached hydrogens (tertiary/aromatic N) is 2. The van der Waals surface area contributed by atoms with Gasteiger partial charge in [0.1, 0.15) is 30.0 Å². The van der Waals surface area contributed by atoms with Gasteiger partial charge in [0, 0.05) is 12.6 Å². The van der Waals surface area contributed by atoms with Gasteiger partial charge in [0.2, 0.25) is 0 Å². The van der Waals surface area contributed by atoms with Crippen LogP contribution < -0.4 is 10.1 Å². The molecule has 0 spiro atoms. The Labute approximate surface area is 196 Å². The van der Waals surface area contributed by atoms with Crippen LogP contribution in [0.3, 0.4) is 0 Å². The van der Waals surface area contributed by atoms with Gasteiger partial charge in [0.15, 0.2) is 11.4 Å². The van der Waals surface area contributed by atoms with E-state index in [0.29, 0.717) is 5.56 Å². The third-order valence-corrected chi connectivity index (χ3v) is 5.20. The number of amides is 1. The van der Waals surface area contributed by atoms with Gasteiger partial charge in [-0.2, -0.15) is 13.2 Å². The molecule has 35 heavy (non-hydrogen) atoms. The van der Waals surface area contributed by atoms with Crippen molar-refractivity contribution in [3.05, 3.63) is 64.6 Å². The lowest BCUT2D eigenvalue weighted by atomic mass is 10.1. The number of hydrogen-bond acceptors (Lipinski definition) is 4. The van der Waals surface area contributed by atoms with Gasteiger partial charge >= 0.3 is 12.1 Å². The number of carboxylic acids is 1. The SMILES string of the molecule is Cc1cc(OCc2c(F)cccc2F)c2nc(C)c(C(=O)NC(CCCC(F)(F)F)C(=O)O)n2c1. The molecule has 1 unspecified atom stereocenters. The Kier molecular flexibility index (Phi) is 7.61. The molecule has 0 aliphatic heterocycles. The van der Waals surface area contributed by atoms with E-state index in [1.165, 1.54) is 23.6 Å². The van der Waals surface area contributed by atoms with E-state index in [0.717, 1.165) is 12.1 Å². The number of aliphatic carboxylic acids is 1. The minimum atomic E-state index is -4.44. The van der Waals surface area contributed by atoms with Crippen LogP contribution in [0.25, 0.3) is 5.65 Å². The van der Waals surface area contributed by atoms with Crippen molar-refractivity contribution < 1.29 is 41.4 Å². The number of nitrogens with one attached hydrogen (secondary N) is 1. The molecule has 2 N–H and O–H groups in total. The van der Waals surface area contributed by atoms with E-state index < -0.39 is 61.6 Å². The minimum Gasteiger partial charge on any atom is -0.485 e. The quantitative estimate of drug-likeness (QED) is 0.416. The molecule has 2 heterocycles. The zero-order chi connectivity index (χ0) is 25.9. The van der Waals surface area contributed by atoms with Crippen molar-refractivity contribution in [2.75, 3.05) is 0 Å². The number of hydrogen-bond donors (Lipinski definition) is 2. The predicted molar refractivity (Wildman–Crippen MR) is 114 cm³/mol. The number of carbonyl (C=O) groups excluding carboxylic acids is 1. The van der Waals surface area contributed by atoms with Gasteiger partial charge in [-0.05, 0) is 50.5 Å². The summed E-state index contributed by atoms with van der Waals surface area (Å²) in [5.41, 5.74) is 0.575. The molecule has 0 bridgehead atoms. The van der Waals surface area contributed by atoms with Crippen molar-refractivity contribution in [3.8, 4) is 5.75 Å². The highest BCUT2D eigenvalue weighted by Gasteiger charge is 2.29. The summed E-state index contributed by atoms with van der Waals surface area (Å²) < 4.78 is 72.1. The first-order valence-electron chi connectivity index (χ1n) is 10.5. The fourth-order valence-electron chi connectivity index (χ4n) is 3.55. The monoisotopic (exact) mass is 499 g/mol. The molecule has 0 saturated heterocycles. The second kappa shape index (κ2) is 10.3. The maximum atomic E-state index is 14.0. The normalized spacial score (nSPS) is 12.5. The van der Waals surface area contributed by atoms with Crippen LogP contribution in [-0.4, -0.2) is 38.6 Å². The molecule has 0 aliphatic carbocycles. The molecule has 1 amide bonds. The number of pyridine rings is 1. The second-order valence-electron chi connectivity index (χ2n) is 7.98. The summed E-state index contributed by atoms with van der Waals surface area (Å²) in [6.45, 7) is 2.70. The van der Waals surface area contributed by atoms with E-state index in [4.69, 9.17) is 4.74 Å². The summed E-state index contributed by atoms with van der Waals surface area (Å²) in [7, 11) is 0. The van der Waals surface area contributed by atoms with Crippen LogP contribution in [0.15, 0.2) is 30.5 Å². The highest BCUT2D eigenvalue weighted by molar-refractivity contribution is 5.97. The van der Waals surface area contributed by atoms with E-state index in [2.05, 4.69) is 10.3 Å². The largest absolute Gasteiger partial charge is 0.485 e. The standard InChI is InChI=1S/C23H22F5N3O4/c1-12-9-18(35-11-14-15(24)5-3-6-16(14)25)20-29-13(2)19(31(20)10-12)21(32)30-17(22(33)34)7-4-8-23(26,27)28/h3,5-6,9-10,17H,4,7-8,11H2,1-2H3,(H,30,32)(H,33,34). The van der Waals surface area contributed by atoms with Crippen molar-refractivity contribution in [2.24, 2.45) is 0 Å². The molecule has 0 aliphatic rings. The number of benzene rings is 1. The summed E-state index contributed by atoms with van der Waals surface area (Å²) in [5, 5.41) is 11.6. The molecule has 2 aromatic heterocycles. The fraction of sp³-hybridized carbons (Fsp3) is 0.348. The number of ether oxygens (including phenoxy) is 1. The van der Waals surface area contributed by atoms with Crippen molar-refractivity contribution in [2.45, 2.75) is 51.9 Å². The third-order valence-electron chi connectivity index (χ3n) is 5.20. The number of alkyl halides is 3. The van der Waals surface area contributed by atoms with Crippen molar-refractivity contribution in [1.82, 2.24) is 14.7 Å². The molecule has 7 nitrogen and oxygen atoms in total. The fourth-order valence-corrected chi connectivity index (χ4v) is 3.55.